The van der Waals surface area contributed by atoms with Crippen LogP contribution in [0.15, 0.2) is 24.3 Å². The Labute approximate surface area is 102 Å². The molecule has 1 fully saturated rings. The molecule has 1 N–H and O–H groups in total. The summed E-state index contributed by atoms with van der Waals surface area (Å²) in [5.41, 5.74) is 0.944. The molecule has 2 rings (SSSR count). The van der Waals surface area contributed by atoms with E-state index in [1.165, 1.54) is 0 Å². The Hall–Kier alpha value is -1.13. The summed E-state index contributed by atoms with van der Waals surface area (Å²) < 4.78 is 18.6. The molecule has 1 saturated heterocycles. The van der Waals surface area contributed by atoms with Crippen molar-refractivity contribution >= 4 is 0 Å². The van der Waals surface area contributed by atoms with Gasteiger partial charge in [-0.1, -0.05) is 18.2 Å². The van der Waals surface area contributed by atoms with Gasteiger partial charge >= 0.3 is 0 Å². The summed E-state index contributed by atoms with van der Waals surface area (Å²) in [7, 11) is 1.63. The Bertz CT molecular complexity index is 353. The maximum absolute atomic E-state index is 13.3. The highest BCUT2D eigenvalue weighted by atomic mass is 19.1. The number of nitrogens with one attached hydrogen (secondary N) is 1. The Morgan fingerprint density at radius 2 is 2.06 bits per heavy atom. The van der Waals surface area contributed by atoms with Gasteiger partial charge in [-0.2, -0.15) is 0 Å². The fraction of sp³-hybridized carbons (Fsp3) is 0.538. The first-order chi connectivity index (χ1) is 8.36. The summed E-state index contributed by atoms with van der Waals surface area (Å²) in [5.74, 6) is 0.772. The van der Waals surface area contributed by atoms with Gasteiger partial charge in [0.05, 0.1) is 13.2 Å². The van der Waals surface area contributed by atoms with Crippen LogP contribution in [0.2, 0.25) is 0 Å². The van der Waals surface area contributed by atoms with Crippen LogP contribution in [0.1, 0.15) is 11.6 Å². The molecule has 1 aromatic carbocycles. The number of benzene rings is 1. The van der Waals surface area contributed by atoms with Crippen LogP contribution < -0.4 is 10.1 Å². The SMILES string of the molecule is COc1ccccc1[C@H](CF)N1CCNCC1. The number of methoxy groups -OCH3 is 1. The molecule has 4 heteroatoms. The summed E-state index contributed by atoms with van der Waals surface area (Å²) in [5, 5.41) is 3.28. The smallest absolute Gasteiger partial charge is 0.123 e. The lowest BCUT2D eigenvalue weighted by atomic mass is 10.0. The van der Waals surface area contributed by atoms with Gasteiger partial charge in [0.1, 0.15) is 12.4 Å². The first kappa shape index (κ1) is 12.3. The summed E-state index contributed by atoms with van der Waals surface area (Å²) in [6, 6.07) is 7.50. The number of halogens is 1. The van der Waals surface area contributed by atoms with Crippen LogP contribution in [-0.4, -0.2) is 44.9 Å². The molecular weight excluding hydrogens is 219 g/mol. The molecule has 1 atom stereocenters. The standard InChI is InChI=1S/C13H19FN2O/c1-17-13-5-3-2-4-11(13)12(10-14)16-8-6-15-7-9-16/h2-5,12,15H,6-10H2,1H3/t12-/m0/s1. The molecule has 1 aliphatic rings. The van der Waals surface area contributed by atoms with Gasteiger partial charge in [0.2, 0.25) is 0 Å². The highest BCUT2D eigenvalue weighted by molar-refractivity contribution is 5.36. The van der Waals surface area contributed by atoms with Crippen LogP contribution in [0.5, 0.6) is 5.75 Å². The predicted octanol–water partition coefficient (Wildman–Crippen LogP) is 1.61. The molecule has 3 nitrogen and oxygen atoms in total. The van der Waals surface area contributed by atoms with Crippen LogP contribution in [-0.2, 0) is 0 Å². The van der Waals surface area contributed by atoms with E-state index in [1.54, 1.807) is 7.11 Å². The third kappa shape index (κ3) is 2.76. The number of ether oxygens (including phenoxy) is 1. The van der Waals surface area contributed by atoms with E-state index in [-0.39, 0.29) is 12.7 Å². The summed E-state index contributed by atoms with van der Waals surface area (Å²) in [4.78, 5) is 2.17. The first-order valence-electron chi connectivity index (χ1n) is 6.00. The largest absolute Gasteiger partial charge is 0.496 e. The lowest BCUT2D eigenvalue weighted by molar-refractivity contribution is 0.145. The van der Waals surface area contributed by atoms with E-state index < -0.39 is 0 Å². The van der Waals surface area contributed by atoms with Gasteiger partial charge in [0.15, 0.2) is 0 Å². The minimum absolute atomic E-state index is 0.187. The zero-order chi connectivity index (χ0) is 12.1. The highest BCUT2D eigenvalue weighted by Crippen LogP contribution is 2.29. The number of para-hydroxylation sites is 1. The van der Waals surface area contributed by atoms with Crippen molar-refractivity contribution in [3.05, 3.63) is 29.8 Å². The van der Waals surface area contributed by atoms with Crippen molar-refractivity contribution < 1.29 is 9.13 Å². The number of hydrogen-bond donors (Lipinski definition) is 1. The lowest BCUT2D eigenvalue weighted by Crippen LogP contribution is -2.45. The van der Waals surface area contributed by atoms with Gasteiger partial charge in [0, 0.05) is 31.7 Å². The summed E-state index contributed by atoms with van der Waals surface area (Å²) in [6.45, 7) is 3.23. The molecule has 0 aliphatic carbocycles. The van der Waals surface area contributed by atoms with Crippen molar-refractivity contribution in [1.82, 2.24) is 10.2 Å². The van der Waals surface area contributed by atoms with E-state index in [4.69, 9.17) is 4.74 Å². The highest BCUT2D eigenvalue weighted by Gasteiger charge is 2.24. The maximum Gasteiger partial charge on any atom is 0.123 e. The van der Waals surface area contributed by atoms with E-state index in [9.17, 15) is 4.39 Å². The van der Waals surface area contributed by atoms with Crippen molar-refractivity contribution in [2.75, 3.05) is 40.0 Å². The fourth-order valence-corrected chi connectivity index (χ4v) is 2.31. The van der Waals surface area contributed by atoms with Crippen LogP contribution in [0.25, 0.3) is 0 Å². The van der Waals surface area contributed by atoms with Crippen LogP contribution in [0.4, 0.5) is 4.39 Å². The number of alkyl halides is 1. The van der Waals surface area contributed by atoms with Crippen molar-refractivity contribution in [2.45, 2.75) is 6.04 Å². The second-order valence-corrected chi connectivity index (χ2v) is 4.20. The van der Waals surface area contributed by atoms with Gasteiger partial charge in [-0.15, -0.1) is 0 Å². The number of rotatable bonds is 4. The quantitative estimate of drug-likeness (QED) is 0.862. The van der Waals surface area contributed by atoms with Crippen LogP contribution >= 0.6 is 0 Å². The van der Waals surface area contributed by atoms with Crippen molar-refractivity contribution in [3.8, 4) is 5.75 Å². The van der Waals surface area contributed by atoms with Gasteiger partial charge in [-0.3, -0.25) is 4.90 Å². The second-order valence-electron chi connectivity index (χ2n) is 4.20. The Balaban J connectivity index is 2.21. The second kappa shape index (κ2) is 5.98. The average Bonchev–Trinajstić information content (AvgIpc) is 2.41. The number of nitrogens with zero attached hydrogens (tertiary/aromatic N) is 1. The molecule has 94 valence electrons. The Morgan fingerprint density at radius 1 is 1.35 bits per heavy atom. The van der Waals surface area contributed by atoms with E-state index in [0.29, 0.717) is 0 Å². The molecule has 0 aromatic heterocycles. The molecule has 0 bridgehead atoms. The molecule has 0 spiro atoms. The van der Waals surface area contributed by atoms with Gasteiger partial charge in [-0.25, -0.2) is 4.39 Å². The van der Waals surface area contributed by atoms with Gasteiger partial charge in [-0.05, 0) is 6.07 Å². The van der Waals surface area contributed by atoms with Crippen molar-refractivity contribution in [2.24, 2.45) is 0 Å². The zero-order valence-electron chi connectivity index (χ0n) is 10.2. The third-order valence-electron chi connectivity index (χ3n) is 3.24. The van der Waals surface area contributed by atoms with Crippen molar-refractivity contribution in [3.63, 3.8) is 0 Å². The average molecular weight is 238 g/mol. The van der Waals surface area contributed by atoms with E-state index in [2.05, 4.69) is 10.2 Å². The summed E-state index contributed by atoms with van der Waals surface area (Å²) >= 11 is 0. The molecule has 0 radical (unpaired) electrons. The van der Waals surface area contributed by atoms with E-state index in [1.807, 2.05) is 24.3 Å². The van der Waals surface area contributed by atoms with E-state index >= 15 is 0 Å². The molecule has 1 aliphatic heterocycles. The van der Waals surface area contributed by atoms with Gasteiger partial charge < -0.3 is 10.1 Å². The summed E-state index contributed by atoms with van der Waals surface area (Å²) in [6.07, 6.45) is 0. The number of piperazine rings is 1. The van der Waals surface area contributed by atoms with Crippen LogP contribution in [0, 0.1) is 0 Å². The third-order valence-corrected chi connectivity index (χ3v) is 3.24. The fourth-order valence-electron chi connectivity index (χ4n) is 2.31. The van der Waals surface area contributed by atoms with E-state index in [0.717, 1.165) is 37.5 Å². The van der Waals surface area contributed by atoms with Crippen LogP contribution in [0.3, 0.4) is 0 Å². The number of hydrogen-bond acceptors (Lipinski definition) is 3. The monoisotopic (exact) mass is 238 g/mol. The normalized spacial score (nSPS) is 18.9. The molecule has 1 aromatic rings. The molecule has 1 heterocycles. The Morgan fingerprint density at radius 3 is 2.71 bits per heavy atom. The predicted molar refractivity (Wildman–Crippen MR) is 66.2 cm³/mol. The maximum atomic E-state index is 13.3. The van der Waals surface area contributed by atoms with Crippen molar-refractivity contribution in [1.29, 1.82) is 0 Å². The molecular formula is C13H19FN2O. The molecule has 0 saturated carbocycles. The minimum Gasteiger partial charge on any atom is -0.496 e. The molecule has 17 heavy (non-hydrogen) atoms. The zero-order valence-corrected chi connectivity index (χ0v) is 10.2. The Kier molecular flexibility index (Phi) is 4.34. The molecule has 0 unspecified atom stereocenters. The lowest BCUT2D eigenvalue weighted by Gasteiger charge is -2.34. The van der Waals surface area contributed by atoms with Gasteiger partial charge in [0.25, 0.3) is 0 Å². The first-order valence-corrected chi connectivity index (χ1v) is 6.00. The minimum atomic E-state index is -0.375. The topological polar surface area (TPSA) is 24.5 Å². The molecule has 0 amide bonds.